The fourth-order valence-electron chi connectivity index (χ4n) is 7.63. The van der Waals surface area contributed by atoms with Crippen molar-refractivity contribution in [3.8, 4) is 0 Å². The normalized spacial score (nSPS) is 73.9. The second-order valence-corrected chi connectivity index (χ2v) is 8.13. The molecule has 7 rings (SSSR count). The Bertz CT molecular complexity index is 348. The summed E-state index contributed by atoms with van der Waals surface area (Å²) in [6.07, 6.45) is 9.00. The molecular formula is C15H23N. The van der Waals surface area contributed by atoms with Gasteiger partial charge in [0.05, 0.1) is 0 Å². The van der Waals surface area contributed by atoms with Gasteiger partial charge in [-0.2, -0.15) is 0 Å². The number of hydrogen-bond donors (Lipinski definition) is 1. The Hall–Kier alpha value is -0.0400. The maximum atomic E-state index is 6.94. The summed E-state index contributed by atoms with van der Waals surface area (Å²) in [6, 6.07) is 0. The summed E-state index contributed by atoms with van der Waals surface area (Å²) in [6.45, 7) is 2.61. The molecule has 7 fully saturated rings. The summed E-state index contributed by atoms with van der Waals surface area (Å²) in [5, 5.41) is 0. The van der Waals surface area contributed by atoms with Crippen molar-refractivity contribution in [3.63, 3.8) is 0 Å². The quantitative estimate of drug-likeness (QED) is 0.663. The predicted molar refractivity (Wildman–Crippen MR) is 63.7 cm³/mol. The topological polar surface area (TPSA) is 26.0 Å². The first-order valence-electron chi connectivity index (χ1n) is 7.40. The molecule has 0 aliphatic heterocycles. The first kappa shape index (κ1) is 8.97. The largest absolute Gasteiger partial charge is 0.325 e. The molecule has 88 valence electrons. The van der Waals surface area contributed by atoms with E-state index in [0.29, 0.717) is 5.41 Å². The van der Waals surface area contributed by atoms with E-state index in [4.69, 9.17) is 5.73 Å². The van der Waals surface area contributed by atoms with Gasteiger partial charge >= 0.3 is 0 Å². The van der Waals surface area contributed by atoms with E-state index in [1.54, 1.807) is 12.8 Å². The lowest BCUT2D eigenvalue weighted by Crippen LogP contribution is -2.77. The van der Waals surface area contributed by atoms with Gasteiger partial charge in [-0.3, -0.25) is 0 Å². The van der Waals surface area contributed by atoms with Crippen LogP contribution in [0.4, 0.5) is 0 Å². The van der Waals surface area contributed by atoms with Crippen LogP contribution in [-0.2, 0) is 0 Å². The van der Waals surface area contributed by atoms with E-state index in [1.807, 2.05) is 0 Å². The Morgan fingerprint density at radius 1 is 0.938 bits per heavy atom. The van der Waals surface area contributed by atoms with Crippen LogP contribution in [-0.4, -0.2) is 5.54 Å². The molecule has 0 aromatic heterocycles. The first-order valence-corrected chi connectivity index (χ1v) is 7.40. The van der Waals surface area contributed by atoms with E-state index >= 15 is 0 Å². The molecule has 0 amide bonds. The monoisotopic (exact) mass is 217 g/mol. The fourth-order valence-corrected chi connectivity index (χ4v) is 7.63. The molecule has 0 radical (unpaired) electrons. The van der Waals surface area contributed by atoms with E-state index in [0.717, 1.165) is 35.5 Å². The highest BCUT2D eigenvalue weighted by atomic mass is 14.9. The van der Waals surface area contributed by atoms with Crippen molar-refractivity contribution in [2.24, 2.45) is 46.7 Å². The average Bonchev–Trinajstić information content (AvgIpc) is 2.24. The van der Waals surface area contributed by atoms with E-state index in [2.05, 4.69) is 6.92 Å². The van der Waals surface area contributed by atoms with Crippen molar-refractivity contribution >= 4 is 0 Å². The summed E-state index contributed by atoms with van der Waals surface area (Å²) in [7, 11) is 0. The van der Waals surface area contributed by atoms with Crippen LogP contribution >= 0.6 is 0 Å². The van der Waals surface area contributed by atoms with E-state index in [-0.39, 0.29) is 5.54 Å². The van der Waals surface area contributed by atoms with Crippen molar-refractivity contribution in [3.05, 3.63) is 0 Å². The first-order chi connectivity index (χ1) is 7.61. The van der Waals surface area contributed by atoms with Crippen LogP contribution in [0, 0.1) is 40.9 Å². The van der Waals surface area contributed by atoms with Crippen LogP contribution in [0.2, 0.25) is 0 Å². The zero-order valence-corrected chi connectivity index (χ0v) is 10.3. The lowest BCUT2D eigenvalue weighted by molar-refractivity contribution is -0.258. The number of nitrogens with two attached hydrogens (primary N) is 1. The molecule has 8 bridgehead atoms. The second-order valence-electron chi connectivity index (χ2n) is 8.13. The number of hydrogen-bond acceptors (Lipinski definition) is 1. The van der Waals surface area contributed by atoms with Crippen molar-refractivity contribution in [1.82, 2.24) is 0 Å². The standard InChI is InChI=1S/C15H23N/c1-14-6-9-2-10-11(14)3-8-4-12(10)15(16,7-9)13(14)5-8/h8-13H,2-7,16H2,1H3. The van der Waals surface area contributed by atoms with Crippen LogP contribution in [0.1, 0.15) is 45.4 Å². The molecule has 0 aromatic carbocycles. The van der Waals surface area contributed by atoms with Gasteiger partial charge in [-0.25, -0.2) is 0 Å². The molecule has 7 saturated carbocycles. The van der Waals surface area contributed by atoms with Gasteiger partial charge in [-0.15, -0.1) is 0 Å². The molecule has 1 heteroatoms. The maximum absolute atomic E-state index is 6.94. The minimum absolute atomic E-state index is 0.286. The van der Waals surface area contributed by atoms with Crippen molar-refractivity contribution in [2.75, 3.05) is 0 Å². The lowest BCUT2D eigenvalue weighted by Gasteiger charge is -2.77. The summed E-state index contributed by atoms with van der Waals surface area (Å²) < 4.78 is 0. The van der Waals surface area contributed by atoms with E-state index in [9.17, 15) is 0 Å². The molecule has 7 aliphatic rings. The highest BCUT2D eigenvalue weighted by Gasteiger charge is 2.72. The van der Waals surface area contributed by atoms with Gasteiger partial charge in [-0.1, -0.05) is 6.92 Å². The van der Waals surface area contributed by atoms with E-state index in [1.165, 1.54) is 25.7 Å². The van der Waals surface area contributed by atoms with E-state index < -0.39 is 0 Å². The van der Waals surface area contributed by atoms with Crippen LogP contribution in [0.15, 0.2) is 0 Å². The number of rotatable bonds is 0. The minimum atomic E-state index is 0.286. The lowest BCUT2D eigenvalue weighted by atomic mass is 9.29. The molecule has 8 atom stereocenters. The highest BCUT2D eigenvalue weighted by molar-refractivity contribution is 5.24. The summed E-state index contributed by atoms with van der Waals surface area (Å²) in [5.41, 5.74) is 7.88. The van der Waals surface area contributed by atoms with Gasteiger partial charge in [-0.05, 0) is 79.4 Å². The third kappa shape index (κ3) is 0.698. The SMILES string of the molecule is CC12CC3CC4C1CC1CC4C(N)(C3)C2C1. The van der Waals surface area contributed by atoms with Crippen LogP contribution in [0.3, 0.4) is 0 Å². The Balaban J connectivity index is 1.76. The van der Waals surface area contributed by atoms with Crippen molar-refractivity contribution in [2.45, 2.75) is 51.0 Å². The molecule has 8 unspecified atom stereocenters. The van der Waals surface area contributed by atoms with Crippen molar-refractivity contribution < 1.29 is 0 Å². The minimum Gasteiger partial charge on any atom is -0.325 e. The Kier molecular flexibility index (Phi) is 1.26. The highest BCUT2D eigenvalue weighted by Crippen LogP contribution is 2.76. The van der Waals surface area contributed by atoms with Gasteiger partial charge in [0.2, 0.25) is 0 Å². The molecule has 0 aromatic rings. The summed E-state index contributed by atoms with van der Waals surface area (Å²) >= 11 is 0. The Morgan fingerprint density at radius 2 is 1.75 bits per heavy atom. The van der Waals surface area contributed by atoms with Crippen LogP contribution in [0.25, 0.3) is 0 Å². The summed E-state index contributed by atoms with van der Waals surface area (Å²) in [5.74, 6) is 6.00. The smallest absolute Gasteiger partial charge is 0.0222 e. The second kappa shape index (κ2) is 2.25. The average molecular weight is 217 g/mol. The summed E-state index contributed by atoms with van der Waals surface area (Å²) in [4.78, 5) is 0. The molecule has 7 aliphatic carbocycles. The molecule has 16 heavy (non-hydrogen) atoms. The molecule has 0 saturated heterocycles. The van der Waals surface area contributed by atoms with Crippen molar-refractivity contribution in [1.29, 1.82) is 0 Å². The third-order valence-electron chi connectivity index (χ3n) is 7.74. The van der Waals surface area contributed by atoms with Gasteiger partial charge in [0.1, 0.15) is 0 Å². The third-order valence-corrected chi connectivity index (χ3v) is 7.74. The van der Waals surface area contributed by atoms with Crippen LogP contribution < -0.4 is 5.73 Å². The van der Waals surface area contributed by atoms with Gasteiger partial charge in [0.25, 0.3) is 0 Å². The molecule has 2 N–H and O–H groups in total. The van der Waals surface area contributed by atoms with Gasteiger partial charge in [0, 0.05) is 5.54 Å². The predicted octanol–water partition coefficient (Wildman–Crippen LogP) is 2.80. The molecule has 0 heterocycles. The molecule has 1 nitrogen and oxygen atoms in total. The zero-order valence-electron chi connectivity index (χ0n) is 10.3. The van der Waals surface area contributed by atoms with Gasteiger partial charge in [0.15, 0.2) is 0 Å². The van der Waals surface area contributed by atoms with Crippen LogP contribution in [0.5, 0.6) is 0 Å². The fraction of sp³-hybridized carbons (Fsp3) is 1.00. The Labute approximate surface area is 98.2 Å². The van der Waals surface area contributed by atoms with Gasteiger partial charge < -0.3 is 5.73 Å². The molecular weight excluding hydrogens is 194 g/mol. The zero-order chi connectivity index (χ0) is 10.7. The Morgan fingerprint density at radius 3 is 2.62 bits per heavy atom. The maximum Gasteiger partial charge on any atom is 0.0222 e. The molecule has 0 spiro atoms.